The molecule has 2 fully saturated rings. The summed E-state index contributed by atoms with van der Waals surface area (Å²) in [5.74, 6) is -0.664. The molecule has 1 atom stereocenters. The molecule has 8 heteroatoms. The quantitative estimate of drug-likeness (QED) is 0.762. The third kappa shape index (κ3) is 4.29. The molecule has 4 rings (SSSR count). The number of piperidine rings is 1. The van der Waals surface area contributed by atoms with Crippen molar-refractivity contribution >= 4 is 15.7 Å². The molecule has 2 aliphatic rings. The van der Waals surface area contributed by atoms with Crippen molar-refractivity contribution < 1.29 is 17.2 Å². The first kappa shape index (κ1) is 20.3. The van der Waals surface area contributed by atoms with Gasteiger partial charge >= 0.3 is 0 Å². The third-order valence-corrected chi connectivity index (χ3v) is 7.71. The van der Waals surface area contributed by atoms with E-state index in [-0.39, 0.29) is 16.8 Å². The van der Waals surface area contributed by atoms with E-state index >= 15 is 0 Å². The first-order valence-corrected chi connectivity index (χ1v) is 11.4. The van der Waals surface area contributed by atoms with Gasteiger partial charge in [0.25, 0.3) is 0 Å². The van der Waals surface area contributed by atoms with Crippen molar-refractivity contribution in [2.24, 2.45) is 0 Å². The molecule has 0 aromatic heterocycles. The Kier molecular flexibility index (Phi) is 5.85. The summed E-state index contributed by atoms with van der Waals surface area (Å²) in [6.45, 7) is 3.86. The van der Waals surface area contributed by atoms with Gasteiger partial charge in [-0.05, 0) is 49.2 Å². The SMILES string of the molecule is O=S(=O)(c1ccc(F)cc1)N1CCCC(N2CCN(c3ccccc3F)CC2)C1. The highest BCUT2D eigenvalue weighted by molar-refractivity contribution is 7.89. The number of hydrogen-bond donors (Lipinski definition) is 0. The summed E-state index contributed by atoms with van der Waals surface area (Å²) in [6.07, 6.45) is 1.73. The van der Waals surface area contributed by atoms with Crippen LogP contribution in [0.25, 0.3) is 0 Å². The number of hydrogen-bond acceptors (Lipinski definition) is 4. The molecule has 2 saturated heterocycles. The van der Waals surface area contributed by atoms with Gasteiger partial charge < -0.3 is 4.90 Å². The normalized spacial score (nSPS) is 22.0. The van der Waals surface area contributed by atoms with Crippen molar-refractivity contribution in [3.8, 4) is 0 Å². The second-order valence-electron chi connectivity index (χ2n) is 7.59. The van der Waals surface area contributed by atoms with Crippen LogP contribution in [0.15, 0.2) is 53.4 Å². The van der Waals surface area contributed by atoms with Crippen molar-refractivity contribution in [1.82, 2.24) is 9.21 Å². The Balaban J connectivity index is 1.40. The van der Waals surface area contributed by atoms with Crippen molar-refractivity contribution in [3.63, 3.8) is 0 Å². The number of piperazine rings is 1. The van der Waals surface area contributed by atoms with E-state index in [4.69, 9.17) is 0 Å². The average Bonchev–Trinajstić information content (AvgIpc) is 2.75. The fourth-order valence-corrected chi connectivity index (χ4v) is 5.74. The van der Waals surface area contributed by atoms with Crippen molar-refractivity contribution in [1.29, 1.82) is 0 Å². The van der Waals surface area contributed by atoms with E-state index in [2.05, 4.69) is 4.90 Å². The number of rotatable bonds is 4. The van der Waals surface area contributed by atoms with Crippen LogP contribution < -0.4 is 4.90 Å². The number of halogens is 2. The molecular formula is C21H25F2N3O2S. The van der Waals surface area contributed by atoms with E-state index < -0.39 is 15.8 Å². The smallest absolute Gasteiger partial charge is 0.243 e. The number of para-hydroxylation sites is 1. The maximum absolute atomic E-state index is 14.0. The zero-order valence-electron chi connectivity index (χ0n) is 16.2. The summed E-state index contributed by atoms with van der Waals surface area (Å²) in [5, 5.41) is 0. The first-order valence-electron chi connectivity index (χ1n) is 9.94. The largest absolute Gasteiger partial charge is 0.367 e. The second-order valence-corrected chi connectivity index (χ2v) is 9.53. The minimum atomic E-state index is -3.63. The molecule has 1 unspecified atom stereocenters. The zero-order chi connectivity index (χ0) is 20.4. The van der Waals surface area contributed by atoms with Crippen LogP contribution in [0.3, 0.4) is 0 Å². The predicted octanol–water partition coefficient (Wildman–Crippen LogP) is 2.94. The summed E-state index contributed by atoms with van der Waals surface area (Å²) in [4.78, 5) is 4.48. The van der Waals surface area contributed by atoms with E-state index in [0.717, 1.165) is 25.9 Å². The third-order valence-electron chi connectivity index (χ3n) is 5.83. The van der Waals surface area contributed by atoms with Crippen LogP contribution in [0.5, 0.6) is 0 Å². The molecule has 0 spiro atoms. The van der Waals surface area contributed by atoms with Crippen LogP contribution in [0.1, 0.15) is 12.8 Å². The number of sulfonamides is 1. The van der Waals surface area contributed by atoms with E-state index in [9.17, 15) is 17.2 Å². The van der Waals surface area contributed by atoms with E-state index in [1.807, 2.05) is 11.0 Å². The van der Waals surface area contributed by atoms with E-state index in [0.29, 0.717) is 31.9 Å². The van der Waals surface area contributed by atoms with Gasteiger partial charge in [-0.15, -0.1) is 0 Å². The highest BCUT2D eigenvalue weighted by Gasteiger charge is 2.34. The zero-order valence-corrected chi connectivity index (χ0v) is 17.0. The van der Waals surface area contributed by atoms with Crippen LogP contribution >= 0.6 is 0 Å². The lowest BCUT2D eigenvalue weighted by Crippen LogP contribution is -2.55. The fourth-order valence-electron chi connectivity index (χ4n) is 4.23. The monoisotopic (exact) mass is 421 g/mol. The van der Waals surface area contributed by atoms with Crippen LogP contribution in [-0.4, -0.2) is 62.9 Å². The first-order chi connectivity index (χ1) is 13.9. The highest BCUT2D eigenvalue weighted by atomic mass is 32.2. The highest BCUT2D eigenvalue weighted by Crippen LogP contribution is 2.26. The summed E-state index contributed by atoms with van der Waals surface area (Å²) < 4.78 is 54.6. The molecular weight excluding hydrogens is 396 g/mol. The van der Waals surface area contributed by atoms with Crippen LogP contribution in [0.4, 0.5) is 14.5 Å². The standard InChI is InChI=1S/C21H25F2N3O2S/c22-17-7-9-19(10-8-17)29(27,28)26-11-3-4-18(16-26)24-12-14-25(15-13-24)21-6-2-1-5-20(21)23/h1-2,5-10,18H,3-4,11-16H2. The van der Waals surface area contributed by atoms with Gasteiger partial charge in [0, 0.05) is 45.3 Å². The predicted molar refractivity (Wildman–Crippen MR) is 108 cm³/mol. The van der Waals surface area contributed by atoms with Gasteiger partial charge in [-0.1, -0.05) is 12.1 Å². The van der Waals surface area contributed by atoms with Gasteiger partial charge in [0.2, 0.25) is 10.0 Å². The number of anilines is 1. The molecule has 2 aromatic rings. The van der Waals surface area contributed by atoms with E-state index in [1.54, 1.807) is 12.1 Å². The summed E-state index contributed by atoms with van der Waals surface area (Å²) >= 11 is 0. The Bertz CT molecular complexity index is 945. The van der Waals surface area contributed by atoms with Gasteiger partial charge in [0.15, 0.2) is 0 Å². The Morgan fingerprint density at radius 3 is 2.24 bits per heavy atom. The van der Waals surface area contributed by atoms with Gasteiger partial charge in [-0.25, -0.2) is 17.2 Å². The molecule has 2 heterocycles. The maximum atomic E-state index is 14.0. The Morgan fingerprint density at radius 1 is 0.862 bits per heavy atom. The lowest BCUT2D eigenvalue weighted by atomic mass is 10.0. The van der Waals surface area contributed by atoms with Gasteiger partial charge in [-0.3, -0.25) is 4.90 Å². The molecule has 0 bridgehead atoms. The molecule has 0 amide bonds. The van der Waals surface area contributed by atoms with Crippen LogP contribution in [-0.2, 0) is 10.0 Å². The molecule has 2 aromatic carbocycles. The topological polar surface area (TPSA) is 43.9 Å². The lowest BCUT2D eigenvalue weighted by Gasteiger charge is -2.43. The lowest BCUT2D eigenvalue weighted by molar-refractivity contribution is 0.128. The second kappa shape index (κ2) is 8.38. The molecule has 0 saturated carbocycles. The molecule has 29 heavy (non-hydrogen) atoms. The van der Waals surface area contributed by atoms with Gasteiger partial charge in [0.05, 0.1) is 10.6 Å². The van der Waals surface area contributed by atoms with Crippen LogP contribution in [0, 0.1) is 11.6 Å². The molecule has 0 radical (unpaired) electrons. The van der Waals surface area contributed by atoms with Crippen molar-refractivity contribution in [2.45, 2.75) is 23.8 Å². The average molecular weight is 422 g/mol. The number of benzene rings is 2. The molecule has 0 N–H and O–H groups in total. The molecule has 156 valence electrons. The Hall–Kier alpha value is -2.03. The maximum Gasteiger partial charge on any atom is 0.243 e. The summed E-state index contributed by atoms with van der Waals surface area (Å²) in [5.41, 5.74) is 0.622. The van der Waals surface area contributed by atoms with Gasteiger partial charge in [0.1, 0.15) is 11.6 Å². The van der Waals surface area contributed by atoms with Gasteiger partial charge in [-0.2, -0.15) is 4.31 Å². The Morgan fingerprint density at radius 2 is 1.55 bits per heavy atom. The minimum Gasteiger partial charge on any atom is -0.367 e. The van der Waals surface area contributed by atoms with Crippen LogP contribution in [0.2, 0.25) is 0 Å². The minimum absolute atomic E-state index is 0.129. The summed E-state index contributed by atoms with van der Waals surface area (Å²) in [6, 6.07) is 11.9. The van der Waals surface area contributed by atoms with Crippen molar-refractivity contribution in [3.05, 3.63) is 60.2 Å². The van der Waals surface area contributed by atoms with Crippen molar-refractivity contribution in [2.75, 3.05) is 44.2 Å². The molecule has 2 aliphatic heterocycles. The van der Waals surface area contributed by atoms with E-state index in [1.165, 1.54) is 34.6 Å². The summed E-state index contributed by atoms with van der Waals surface area (Å²) in [7, 11) is -3.63. The molecule has 0 aliphatic carbocycles. The molecule has 5 nitrogen and oxygen atoms in total. The fraction of sp³-hybridized carbons (Fsp3) is 0.429. The number of nitrogens with zero attached hydrogens (tertiary/aromatic N) is 3. The Labute approximate surface area is 170 Å².